The molecule has 1 unspecified atom stereocenters. The van der Waals surface area contributed by atoms with Crippen LogP contribution < -0.4 is 16.4 Å². The second kappa shape index (κ2) is 7.81. The molecule has 1 rings (SSSR count). The van der Waals surface area contributed by atoms with E-state index in [0.717, 1.165) is 11.4 Å². The van der Waals surface area contributed by atoms with Gasteiger partial charge in [0.05, 0.1) is 17.3 Å². The van der Waals surface area contributed by atoms with Crippen LogP contribution in [0.1, 0.15) is 23.0 Å². The molecular weight excluding hydrogens is 262 g/mol. The van der Waals surface area contributed by atoms with Crippen LogP contribution in [0, 0.1) is 0 Å². The number of methoxy groups -OCH3 is 1. The zero-order chi connectivity index (χ0) is 14.3. The summed E-state index contributed by atoms with van der Waals surface area (Å²) in [6.07, 6.45) is 2.57. The summed E-state index contributed by atoms with van der Waals surface area (Å²) in [5.74, 6) is -0.171. The van der Waals surface area contributed by atoms with Crippen molar-refractivity contribution in [2.45, 2.75) is 19.4 Å². The van der Waals surface area contributed by atoms with Crippen LogP contribution in [0.2, 0.25) is 0 Å². The van der Waals surface area contributed by atoms with Gasteiger partial charge in [-0.2, -0.15) is 0 Å². The van der Waals surface area contributed by atoms with Crippen molar-refractivity contribution in [3.63, 3.8) is 0 Å². The third kappa shape index (κ3) is 4.57. The third-order valence-electron chi connectivity index (χ3n) is 2.58. The van der Waals surface area contributed by atoms with E-state index in [-0.39, 0.29) is 11.9 Å². The first-order valence-electron chi connectivity index (χ1n) is 6.16. The Morgan fingerprint density at radius 3 is 3.00 bits per heavy atom. The van der Waals surface area contributed by atoms with Crippen molar-refractivity contribution < 1.29 is 9.53 Å². The van der Waals surface area contributed by atoms with Gasteiger partial charge in [-0.1, -0.05) is 13.0 Å². The number of ether oxygens (including phenoxy) is 1. The fourth-order valence-corrected chi connectivity index (χ4v) is 2.54. The molecule has 1 aromatic rings. The molecular formula is C13H21N3O2S. The highest BCUT2D eigenvalue weighted by atomic mass is 32.1. The predicted octanol–water partition coefficient (Wildman–Crippen LogP) is 2.08. The number of amides is 1. The molecule has 6 heteroatoms. The first-order chi connectivity index (χ1) is 9.12. The molecule has 0 aliphatic carbocycles. The van der Waals surface area contributed by atoms with E-state index >= 15 is 0 Å². The summed E-state index contributed by atoms with van der Waals surface area (Å²) in [6, 6.07) is 2.00. The first-order valence-corrected chi connectivity index (χ1v) is 6.97. The number of hydrogen-bond donors (Lipinski definition) is 3. The molecule has 0 saturated heterocycles. The topological polar surface area (TPSA) is 76.4 Å². The van der Waals surface area contributed by atoms with Gasteiger partial charge in [0.1, 0.15) is 4.88 Å². The van der Waals surface area contributed by atoms with Gasteiger partial charge in [0, 0.05) is 19.7 Å². The van der Waals surface area contributed by atoms with Crippen molar-refractivity contribution in [1.82, 2.24) is 5.32 Å². The van der Waals surface area contributed by atoms with Crippen LogP contribution in [-0.2, 0) is 4.74 Å². The van der Waals surface area contributed by atoms with E-state index < -0.39 is 0 Å². The molecule has 106 valence electrons. The molecule has 19 heavy (non-hydrogen) atoms. The quantitative estimate of drug-likeness (QED) is 0.638. The highest BCUT2D eigenvalue weighted by molar-refractivity contribution is 7.18. The number of nitrogen functional groups attached to an aromatic ring is 1. The second-order valence-electron chi connectivity index (χ2n) is 4.10. The van der Waals surface area contributed by atoms with Gasteiger partial charge in [0.15, 0.2) is 0 Å². The Morgan fingerprint density at radius 1 is 1.68 bits per heavy atom. The lowest BCUT2D eigenvalue weighted by Crippen LogP contribution is -2.23. The summed E-state index contributed by atoms with van der Waals surface area (Å²) >= 11 is 1.35. The first kappa shape index (κ1) is 15.5. The lowest BCUT2D eigenvalue weighted by atomic mass is 10.2. The molecule has 0 saturated carbocycles. The van der Waals surface area contributed by atoms with E-state index in [1.54, 1.807) is 19.3 Å². The van der Waals surface area contributed by atoms with Crippen molar-refractivity contribution in [3.8, 4) is 0 Å². The largest absolute Gasteiger partial charge is 0.397 e. The standard InChI is InChI=1S/C13H21N3O2S/c1-4-6-15-13(17)12-10(14)7-11(19-12)16-9(5-2)8-18-3/h4,7,9,16H,1,5-6,8,14H2,2-3H3,(H,15,17). The number of carbonyl (C=O) groups excluding carboxylic acids is 1. The van der Waals surface area contributed by atoms with Crippen molar-refractivity contribution in [2.75, 3.05) is 31.3 Å². The second-order valence-corrected chi connectivity index (χ2v) is 5.15. The van der Waals surface area contributed by atoms with E-state index in [4.69, 9.17) is 10.5 Å². The molecule has 4 N–H and O–H groups in total. The number of nitrogens with two attached hydrogens (primary N) is 1. The summed E-state index contributed by atoms with van der Waals surface area (Å²) in [5, 5.41) is 6.91. The molecule has 0 aliphatic heterocycles. The van der Waals surface area contributed by atoms with Gasteiger partial charge in [-0.25, -0.2) is 0 Å². The molecule has 5 nitrogen and oxygen atoms in total. The maximum atomic E-state index is 11.8. The Hall–Kier alpha value is -1.53. The van der Waals surface area contributed by atoms with Crippen LogP contribution in [-0.4, -0.2) is 32.2 Å². The number of anilines is 2. The van der Waals surface area contributed by atoms with Crippen molar-refractivity contribution >= 4 is 27.9 Å². The van der Waals surface area contributed by atoms with E-state index in [0.29, 0.717) is 23.7 Å². The van der Waals surface area contributed by atoms with Crippen LogP contribution >= 0.6 is 11.3 Å². The van der Waals surface area contributed by atoms with Gasteiger partial charge >= 0.3 is 0 Å². The average molecular weight is 283 g/mol. The maximum Gasteiger partial charge on any atom is 0.263 e. The van der Waals surface area contributed by atoms with Crippen LogP contribution in [0.3, 0.4) is 0 Å². The van der Waals surface area contributed by atoms with Crippen LogP contribution in [0.5, 0.6) is 0 Å². The Morgan fingerprint density at radius 2 is 2.42 bits per heavy atom. The fourth-order valence-electron chi connectivity index (χ4n) is 1.56. The molecule has 1 aromatic heterocycles. The normalized spacial score (nSPS) is 11.9. The van der Waals surface area contributed by atoms with Crippen molar-refractivity contribution in [3.05, 3.63) is 23.6 Å². The number of thiophene rings is 1. The van der Waals surface area contributed by atoms with Gasteiger partial charge in [-0.3, -0.25) is 4.79 Å². The molecule has 1 amide bonds. The van der Waals surface area contributed by atoms with Gasteiger partial charge in [-0.15, -0.1) is 17.9 Å². The highest BCUT2D eigenvalue weighted by Crippen LogP contribution is 2.29. The third-order valence-corrected chi connectivity index (χ3v) is 3.66. The van der Waals surface area contributed by atoms with E-state index in [1.165, 1.54) is 11.3 Å². The molecule has 0 spiro atoms. The minimum absolute atomic E-state index is 0.171. The van der Waals surface area contributed by atoms with Gasteiger partial charge < -0.3 is 21.1 Å². The molecule has 0 bridgehead atoms. The van der Waals surface area contributed by atoms with E-state index in [1.807, 2.05) is 0 Å². The Kier molecular flexibility index (Phi) is 6.38. The van der Waals surface area contributed by atoms with E-state index in [9.17, 15) is 4.79 Å². The minimum atomic E-state index is -0.171. The fraction of sp³-hybridized carbons (Fsp3) is 0.462. The zero-order valence-electron chi connectivity index (χ0n) is 11.4. The monoisotopic (exact) mass is 283 g/mol. The van der Waals surface area contributed by atoms with Crippen LogP contribution in [0.4, 0.5) is 10.7 Å². The predicted molar refractivity (Wildman–Crippen MR) is 80.8 cm³/mol. The number of hydrogen-bond acceptors (Lipinski definition) is 5. The molecule has 1 atom stereocenters. The van der Waals surface area contributed by atoms with Gasteiger partial charge in [0.2, 0.25) is 0 Å². The molecule has 0 aromatic carbocycles. The summed E-state index contributed by atoms with van der Waals surface area (Å²) in [5.41, 5.74) is 6.34. The summed E-state index contributed by atoms with van der Waals surface area (Å²) in [4.78, 5) is 12.4. The zero-order valence-corrected chi connectivity index (χ0v) is 12.2. The Bertz CT molecular complexity index is 432. The lowest BCUT2D eigenvalue weighted by molar-refractivity contribution is 0.0963. The number of carbonyl (C=O) groups is 1. The van der Waals surface area contributed by atoms with Crippen LogP contribution in [0.25, 0.3) is 0 Å². The lowest BCUT2D eigenvalue weighted by Gasteiger charge is -2.15. The summed E-state index contributed by atoms with van der Waals surface area (Å²) in [6.45, 7) is 6.68. The average Bonchev–Trinajstić information content (AvgIpc) is 2.76. The molecule has 1 heterocycles. The van der Waals surface area contributed by atoms with Crippen LogP contribution in [0.15, 0.2) is 18.7 Å². The van der Waals surface area contributed by atoms with Crippen molar-refractivity contribution in [2.24, 2.45) is 0 Å². The minimum Gasteiger partial charge on any atom is -0.397 e. The smallest absolute Gasteiger partial charge is 0.263 e. The maximum absolute atomic E-state index is 11.8. The van der Waals surface area contributed by atoms with E-state index in [2.05, 4.69) is 24.1 Å². The van der Waals surface area contributed by atoms with Gasteiger partial charge in [-0.05, 0) is 12.5 Å². The SMILES string of the molecule is C=CCNC(=O)c1sc(NC(CC)COC)cc1N. The van der Waals surface area contributed by atoms with Crippen molar-refractivity contribution in [1.29, 1.82) is 0 Å². The Balaban J connectivity index is 2.72. The molecule has 0 aliphatic rings. The summed E-state index contributed by atoms with van der Waals surface area (Å²) in [7, 11) is 1.67. The highest BCUT2D eigenvalue weighted by Gasteiger charge is 2.15. The molecule has 0 radical (unpaired) electrons. The molecule has 0 fully saturated rings. The number of nitrogens with one attached hydrogen (secondary N) is 2. The van der Waals surface area contributed by atoms with Gasteiger partial charge in [0.25, 0.3) is 5.91 Å². The number of rotatable bonds is 8. The Labute approximate surface area is 117 Å². The summed E-state index contributed by atoms with van der Waals surface area (Å²) < 4.78 is 5.13.